The number of hydrogen-bond donors (Lipinski definition) is 1. The summed E-state index contributed by atoms with van der Waals surface area (Å²) in [4.78, 5) is 26.9. The van der Waals surface area contributed by atoms with Gasteiger partial charge in [-0.15, -0.1) is 0 Å². The number of benzene rings is 3. The number of amides is 2. The molecule has 0 saturated carbocycles. The molecule has 0 saturated heterocycles. The Bertz CT molecular complexity index is 1350. The van der Waals surface area contributed by atoms with Crippen molar-refractivity contribution in [3.05, 3.63) is 94.8 Å². The molecule has 6 heteroatoms. The quantitative estimate of drug-likeness (QED) is 0.454. The van der Waals surface area contributed by atoms with E-state index in [9.17, 15) is 9.59 Å². The van der Waals surface area contributed by atoms with Gasteiger partial charge in [-0.2, -0.15) is 5.10 Å². The molecule has 1 heterocycles. The summed E-state index contributed by atoms with van der Waals surface area (Å²) in [7, 11) is 1.75. The molecule has 0 aliphatic heterocycles. The van der Waals surface area contributed by atoms with Crippen LogP contribution in [0.4, 0.5) is 0 Å². The highest BCUT2D eigenvalue weighted by atomic mass is 16.2. The molecule has 0 aliphatic carbocycles. The van der Waals surface area contributed by atoms with Gasteiger partial charge in [0, 0.05) is 24.8 Å². The van der Waals surface area contributed by atoms with Gasteiger partial charge in [0.15, 0.2) is 0 Å². The van der Waals surface area contributed by atoms with Gasteiger partial charge >= 0.3 is 0 Å². The van der Waals surface area contributed by atoms with Crippen molar-refractivity contribution in [2.45, 2.75) is 33.7 Å². The molecule has 3 aromatic carbocycles. The smallest absolute Gasteiger partial charge is 0.242 e. The minimum Gasteiger partial charge on any atom is -0.347 e. The topological polar surface area (TPSA) is 67.2 Å². The van der Waals surface area contributed by atoms with Crippen molar-refractivity contribution < 1.29 is 9.59 Å². The molecule has 4 rings (SSSR count). The van der Waals surface area contributed by atoms with Gasteiger partial charge in [0.05, 0.1) is 24.3 Å². The normalized spacial score (nSPS) is 10.9. The van der Waals surface area contributed by atoms with Crippen LogP contribution >= 0.6 is 0 Å². The zero-order chi connectivity index (χ0) is 24.2. The van der Waals surface area contributed by atoms with Gasteiger partial charge in [0.1, 0.15) is 0 Å². The highest BCUT2D eigenvalue weighted by molar-refractivity contribution is 5.91. The average molecular weight is 455 g/mol. The van der Waals surface area contributed by atoms with Crippen molar-refractivity contribution in [1.82, 2.24) is 20.0 Å². The molecule has 1 aromatic heterocycles. The van der Waals surface area contributed by atoms with Crippen molar-refractivity contribution in [3.63, 3.8) is 0 Å². The first-order valence-electron chi connectivity index (χ1n) is 11.4. The molecule has 174 valence electrons. The highest BCUT2D eigenvalue weighted by Gasteiger charge is 2.18. The van der Waals surface area contributed by atoms with Crippen LogP contribution in [0, 0.1) is 20.8 Å². The SMILES string of the molecule is Cc1ccccc1-n1nc(C)c(CN(C)C(=O)CNC(=O)Cc2cccc3ccccc23)c1C. The Morgan fingerprint density at radius 2 is 1.65 bits per heavy atom. The number of aryl methyl sites for hydroxylation is 2. The highest BCUT2D eigenvalue weighted by Crippen LogP contribution is 2.22. The van der Waals surface area contributed by atoms with Crippen LogP contribution in [0.5, 0.6) is 0 Å². The summed E-state index contributed by atoms with van der Waals surface area (Å²) in [6, 6.07) is 22.0. The summed E-state index contributed by atoms with van der Waals surface area (Å²) in [6.45, 7) is 6.43. The number of nitrogens with zero attached hydrogens (tertiary/aromatic N) is 3. The van der Waals surface area contributed by atoms with Crippen molar-refractivity contribution in [2.75, 3.05) is 13.6 Å². The van der Waals surface area contributed by atoms with E-state index in [1.54, 1.807) is 11.9 Å². The summed E-state index contributed by atoms with van der Waals surface area (Å²) >= 11 is 0. The molecule has 0 bridgehead atoms. The Morgan fingerprint density at radius 3 is 2.44 bits per heavy atom. The van der Waals surface area contributed by atoms with Crippen LogP contribution in [-0.2, 0) is 22.6 Å². The molecule has 34 heavy (non-hydrogen) atoms. The second-order valence-corrected chi connectivity index (χ2v) is 8.69. The van der Waals surface area contributed by atoms with E-state index < -0.39 is 0 Å². The molecule has 0 unspecified atom stereocenters. The van der Waals surface area contributed by atoms with Crippen molar-refractivity contribution in [2.24, 2.45) is 0 Å². The minimum atomic E-state index is -0.169. The maximum Gasteiger partial charge on any atom is 0.242 e. The third-order valence-electron chi connectivity index (χ3n) is 6.27. The molecule has 0 aliphatic rings. The van der Waals surface area contributed by atoms with Crippen LogP contribution in [0.2, 0.25) is 0 Å². The molecule has 4 aromatic rings. The second kappa shape index (κ2) is 9.91. The van der Waals surface area contributed by atoms with E-state index in [2.05, 4.69) is 18.3 Å². The van der Waals surface area contributed by atoms with E-state index in [4.69, 9.17) is 5.10 Å². The van der Waals surface area contributed by atoms with Crippen LogP contribution in [0.15, 0.2) is 66.7 Å². The number of hydrogen-bond acceptors (Lipinski definition) is 3. The molecular weight excluding hydrogens is 424 g/mol. The first kappa shape index (κ1) is 23.2. The van der Waals surface area contributed by atoms with E-state index in [0.717, 1.165) is 44.5 Å². The van der Waals surface area contributed by atoms with Crippen LogP contribution in [0.3, 0.4) is 0 Å². The van der Waals surface area contributed by atoms with Gasteiger partial charge in [0.2, 0.25) is 11.8 Å². The van der Waals surface area contributed by atoms with Gasteiger partial charge in [0.25, 0.3) is 0 Å². The maximum absolute atomic E-state index is 12.8. The molecule has 0 atom stereocenters. The summed E-state index contributed by atoms with van der Waals surface area (Å²) in [5.74, 6) is -0.313. The van der Waals surface area contributed by atoms with Gasteiger partial charge in [-0.25, -0.2) is 4.68 Å². The summed E-state index contributed by atoms with van der Waals surface area (Å²) in [5, 5.41) is 9.64. The molecule has 0 spiro atoms. The standard InChI is InChI=1S/C28H30N4O2/c1-19-10-5-8-15-26(19)32-21(3)25(20(2)30-32)18-31(4)28(34)17-29-27(33)16-23-13-9-12-22-11-6-7-14-24(22)23/h5-15H,16-18H2,1-4H3,(H,29,33). The number of carbonyl (C=O) groups excluding carboxylic acids is 2. The lowest BCUT2D eigenvalue weighted by molar-refractivity contribution is -0.132. The Morgan fingerprint density at radius 1 is 0.941 bits per heavy atom. The lowest BCUT2D eigenvalue weighted by atomic mass is 10.0. The first-order valence-corrected chi connectivity index (χ1v) is 11.4. The fourth-order valence-corrected chi connectivity index (χ4v) is 4.26. The summed E-state index contributed by atoms with van der Waals surface area (Å²) in [6.07, 6.45) is 0.236. The van der Waals surface area contributed by atoms with Gasteiger partial charge < -0.3 is 10.2 Å². The lowest BCUT2D eigenvalue weighted by Gasteiger charge is -2.18. The van der Waals surface area contributed by atoms with E-state index >= 15 is 0 Å². The third kappa shape index (κ3) is 4.86. The van der Waals surface area contributed by atoms with Crippen LogP contribution in [-0.4, -0.2) is 40.1 Å². The second-order valence-electron chi connectivity index (χ2n) is 8.69. The zero-order valence-corrected chi connectivity index (χ0v) is 20.1. The molecular formula is C28H30N4O2. The lowest BCUT2D eigenvalue weighted by Crippen LogP contribution is -2.38. The summed E-state index contributed by atoms with van der Waals surface area (Å²) in [5.41, 5.74) is 6.03. The zero-order valence-electron chi connectivity index (χ0n) is 20.1. The van der Waals surface area contributed by atoms with Crippen molar-refractivity contribution in [3.8, 4) is 5.69 Å². The predicted octanol–water partition coefficient (Wildman–Crippen LogP) is 4.27. The Kier molecular flexibility index (Phi) is 6.77. The van der Waals surface area contributed by atoms with E-state index in [1.165, 1.54) is 0 Å². The molecule has 2 amide bonds. The van der Waals surface area contributed by atoms with Crippen LogP contribution in [0.1, 0.15) is 28.1 Å². The van der Waals surface area contributed by atoms with Crippen LogP contribution < -0.4 is 5.32 Å². The molecule has 0 radical (unpaired) electrons. The van der Waals surface area contributed by atoms with Gasteiger partial charge in [-0.3, -0.25) is 9.59 Å². The number of fused-ring (bicyclic) bond motifs is 1. The fourth-order valence-electron chi connectivity index (χ4n) is 4.26. The number of likely N-dealkylation sites (N-methyl/N-ethyl adjacent to an activating group) is 1. The largest absolute Gasteiger partial charge is 0.347 e. The van der Waals surface area contributed by atoms with E-state index in [0.29, 0.717) is 6.54 Å². The van der Waals surface area contributed by atoms with E-state index in [-0.39, 0.29) is 24.8 Å². The van der Waals surface area contributed by atoms with Gasteiger partial charge in [-0.1, -0.05) is 60.7 Å². The Balaban J connectivity index is 1.38. The number of aromatic nitrogens is 2. The number of para-hydroxylation sites is 1. The molecule has 0 fully saturated rings. The predicted molar refractivity (Wildman–Crippen MR) is 135 cm³/mol. The Hall–Kier alpha value is -3.93. The number of carbonyl (C=O) groups is 2. The first-order chi connectivity index (χ1) is 16.3. The minimum absolute atomic E-state index is 0.0376. The molecule has 6 nitrogen and oxygen atoms in total. The third-order valence-corrected chi connectivity index (χ3v) is 6.27. The fraction of sp³-hybridized carbons (Fsp3) is 0.250. The number of nitrogens with one attached hydrogen (secondary N) is 1. The molecule has 1 N–H and O–H groups in total. The maximum atomic E-state index is 12.8. The average Bonchev–Trinajstić information content (AvgIpc) is 3.11. The van der Waals surface area contributed by atoms with Crippen molar-refractivity contribution >= 4 is 22.6 Å². The van der Waals surface area contributed by atoms with Crippen LogP contribution in [0.25, 0.3) is 16.5 Å². The van der Waals surface area contributed by atoms with Crippen molar-refractivity contribution in [1.29, 1.82) is 0 Å². The Labute approximate surface area is 200 Å². The van der Waals surface area contributed by atoms with E-state index in [1.807, 2.05) is 79.2 Å². The summed E-state index contributed by atoms with van der Waals surface area (Å²) < 4.78 is 1.93. The van der Waals surface area contributed by atoms with Gasteiger partial charge in [-0.05, 0) is 48.7 Å². The monoisotopic (exact) mass is 454 g/mol. The number of rotatable bonds is 7.